The van der Waals surface area contributed by atoms with Gasteiger partial charge in [0.2, 0.25) is 0 Å². The molecule has 1 aliphatic heterocycles. The zero-order chi connectivity index (χ0) is 15.2. The van der Waals surface area contributed by atoms with Gasteiger partial charge in [0.15, 0.2) is 0 Å². The Morgan fingerprint density at radius 3 is 3.14 bits per heavy atom. The second-order valence-corrected chi connectivity index (χ2v) is 5.63. The first-order valence-electron chi connectivity index (χ1n) is 7.95. The molecule has 3 rings (SSSR count). The number of hydrogen-bond donors (Lipinski definition) is 0. The minimum atomic E-state index is 0.176. The molecule has 0 saturated carbocycles. The normalized spacial score (nSPS) is 20.0. The summed E-state index contributed by atoms with van der Waals surface area (Å²) in [5.74, 6) is 0.914. The molecule has 6 nitrogen and oxygen atoms in total. The molecule has 0 unspecified atom stereocenters. The molecule has 0 amide bonds. The van der Waals surface area contributed by atoms with Gasteiger partial charge in [-0.15, -0.1) is 0 Å². The van der Waals surface area contributed by atoms with Crippen LogP contribution in [0.15, 0.2) is 30.7 Å². The quantitative estimate of drug-likeness (QED) is 0.838. The Kier molecular flexibility index (Phi) is 5.13. The molecule has 1 fully saturated rings. The summed E-state index contributed by atoms with van der Waals surface area (Å²) in [4.78, 5) is 11.3. The first-order valence-corrected chi connectivity index (χ1v) is 7.95. The molecule has 1 atom stereocenters. The van der Waals surface area contributed by atoms with Crippen LogP contribution in [0.5, 0.6) is 0 Å². The van der Waals surface area contributed by atoms with Crippen LogP contribution in [0, 0.1) is 0 Å². The third-order valence-corrected chi connectivity index (χ3v) is 3.85. The Morgan fingerprint density at radius 2 is 2.32 bits per heavy atom. The summed E-state index contributed by atoms with van der Waals surface area (Å²) in [7, 11) is 0. The van der Waals surface area contributed by atoms with E-state index in [9.17, 15) is 0 Å². The van der Waals surface area contributed by atoms with Crippen molar-refractivity contribution in [2.24, 2.45) is 0 Å². The van der Waals surface area contributed by atoms with Crippen LogP contribution in [-0.4, -0.2) is 50.4 Å². The van der Waals surface area contributed by atoms with E-state index in [1.54, 1.807) is 0 Å². The lowest BCUT2D eigenvalue weighted by Gasteiger charge is -2.23. The van der Waals surface area contributed by atoms with Crippen LogP contribution in [0.25, 0.3) is 0 Å². The molecule has 0 aliphatic carbocycles. The largest absolute Gasteiger partial charge is 0.375 e. The number of ether oxygens (including phenoxy) is 1. The van der Waals surface area contributed by atoms with E-state index >= 15 is 0 Å². The summed E-state index contributed by atoms with van der Waals surface area (Å²) in [5.41, 5.74) is 1.09. The van der Waals surface area contributed by atoms with Gasteiger partial charge in [0.05, 0.1) is 18.3 Å². The van der Waals surface area contributed by atoms with Crippen LogP contribution in [-0.2, 0) is 24.2 Å². The minimum absolute atomic E-state index is 0.176. The molecule has 0 aromatic carbocycles. The molecule has 1 saturated heterocycles. The van der Waals surface area contributed by atoms with Crippen molar-refractivity contribution in [3.05, 3.63) is 42.2 Å². The van der Waals surface area contributed by atoms with Crippen molar-refractivity contribution in [2.75, 3.05) is 19.7 Å². The lowest BCUT2D eigenvalue weighted by atomic mass is 10.2. The van der Waals surface area contributed by atoms with Crippen molar-refractivity contribution in [1.82, 2.24) is 24.6 Å². The molecule has 0 spiro atoms. The molecule has 2 aromatic rings. The summed E-state index contributed by atoms with van der Waals surface area (Å²) in [6.07, 6.45) is 7.75. The van der Waals surface area contributed by atoms with E-state index in [2.05, 4.69) is 26.9 Å². The Hall–Kier alpha value is -1.79. The molecule has 0 bridgehead atoms. The van der Waals surface area contributed by atoms with E-state index in [1.807, 2.05) is 35.4 Å². The monoisotopic (exact) mass is 301 g/mol. The van der Waals surface area contributed by atoms with Gasteiger partial charge in [0.1, 0.15) is 5.82 Å². The number of hydrogen-bond acceptors (Lipinski definition) is 5. The lowest BCUT2D eigenvalue weighted by molar-refractivity contribution is 0.0390. The molecule has 22 heavy (non-hydrogen) atoms. The fraction of sp³-hybridized carbons (Fsp3) is 0.562. The van der Waals surface area contributed by atoms with Gasteiger partial charge in [-0.05, 0) is 18.6 Å². The molecule has 2 aromatic heterocycles. The van der Waals surface area contributed by atoms with Gasteiger partial charge in [0, 0.05) is 51.3 Å². The molecule has 1 aliphatic rings. The van der Waals surface area contributed by atoms with Crippen molar-refractivity contribution >= 4 is 0 Å². The van der Waals surface area contributed by atoms with Gasteiger partial charge in [-0.2, -0.15) is 5.10 Å². The van der Waals surface area contributed by atoms with Crippen LogP contribution >= 0.6 is 0 Å². The van der Waals surface area contributed by atoms with E-state index in [0.717, 1.165) is 57.1 Å². The highest BCUT2D eigenvalue weighted by molar-refractivity contribution is 5.02. The SMILES string of the molecule is CCc1nccc(CN2CCCO[C@@H](Cn3cccn3)C2)n1. The summed E-state index contributed by atoms with van der Waals surface area (Å²) in [5, 5.41) is 4.27. The van der Waals surface area contributed by atoms with E-state index in [4.69, 9.17) is 4.74 Å². The van der Waals surface area contributed by atoms with Crippen LogP contribution in [0.3, 0.4) is 0 Å². The third kappa shape index (κ3) is 4.11. The minimum Gasteiger partial charge on any atom is -0.375 e. The summed E-state index contributed by atoms with van der Waals surface area (Å²) >= 11 is 0. The Labute approximate surface area is 131 Å². The van der Waals surface area contributed by atoms with Gasteiger partial charge in [-0.3, -0.25) is 9.58 Å². The number of aromatic nitrogens is 4. The predicted molar refractivity (Wildman–Crippen MR) is 83.3 cm³/mol. The molecule has 3 heterocycles. The van der Waals surface area contributed by atoms with Gasteiger partial charge >= 0.3 is 0 Å². The zero-order valence-corrected chi connectivity index (χ0v) is 13.1. The third-order valence-electron chi connectivity index (χ3n) is 3.85. The molecule has 6 heteroatoms. The average Bonchev–Trinajstić information content (AvgIpc) is 2.94. The Bertz CT molecular complexity index is 572. The molecule has 0 radical (unpaired) electrons. The maximum atomic E-state index is 5.95. The summed E-state index contributed by atoms with van der Waals surface area (Å²) < 4.78 is 7.89. The van der Waals surface area contributed by atoms with Gasteiger partial charge in [0.25, 0.3) is 0 Å². The van der Waals surface area contributed by atoms with Gasteiger partial charge in [-0.1, -0.05) is 6.92 Å². The van der Waals surface area contributed by atoms with Crippen molar-refractivity contribution < 1.29 is 4.74 Å². The fourth-order valence-electron chi connectivity index (χ4n) is 2.77. The Balaban J connectivity index is 1.62. The number of aryl methyl sites for hydroxylation is 1. The predicted octanol–water partition coefficient (Wildman–Crippen LogP) is 1.53. The maximum Gasteiger partial charge on any atom is 0.128 e. The molecular formula is C16H23N5O. The van der Waals surface area contributed by atoms with E-state index in [0.29, 0.717) is 0 Å². The smallest absolute Gasteiger partial charge is 0.128 e. The Morgan fingerprint density at radius 1 is 1.36 bits per heavy atom. The lowest BCUT2D eigenvalue weighted by Crippen LogP contribution is -2.34. The number of nitrogens with zero attached hydrogens (tertiary/aromatic N) is 5. The van der Waals surface area contributed by atoms with Crippen molar-refractivity contribution in [2.45, 2.75) is 39.0 Å². The topological polar surface area (TPSA) is 56.1 Å². The van der Waals surface area contributed by atoms with Gasteiger partial charge < -0.3 is 4.74 Å². The van der Waals surface area contributed by atoms with E-state index < -0.39 is 0 Å². The van der Waals surface area contributed by atoms with E-state index in [1.165, 1.54) is 0 Å². The van der Waals surface area contributed by atoms with Gasteiger partial charge in [-0.25, -0.2) is 9.97 Å². The summed E-state index contributed by atoms with van der Waals surface area (Å²) in [6.45, 7) is 6.50. The average molecular weight is 301 g/mol. The second kappa shape index (κ2) is 7.47. The second-order valence-electron chi connectivity index (χ2n) is 5.63. The van der Waals surface area contributed by atoms with Crippen molar-refractivity contribution in [3.63, 3.8) is 0 Å². The highest BCUT2D eigenvalue weighted by Gasteiger charge is 2.20. The molecule has 0 N–H and O–H groups in total. The van der Waals surface area contributed by atoms with Crippen LogP contribution in [0.4, 0.5) is 0 Å². The first kappa shape index (κ1) is 15.1. The highest BCUT2D eigenvalue weighted by atomic mass is 16.5. The van der Waals surface area contributed by atoms with Crippen molar-refractivity contribution in [1.29, 1.82) is 0 Å². The zero-order valence-electron chi connectivity index (χ0n) is 13.1. The van der Waals surface area contributed by atoms with E-state index in [-0.39, 0.29) is 6.10 Å². The first-order chi connectivity index (χ1) is 10.8. The summed E-state index contributed by atoms with van der Waals surface area (Å²) in [6, 6.07) is 3.95. The van der Waals surface area contributed by atoms with Crippen LogP contribution < -0.4 is 0 Å². The van der Waals surface area contributed by atoms with Crippen LogP contribution in [0.2, 0.25) is 0 Å². The van der Waals surface area contributed by atoms with Crippen molar-refractivity contribution in [3.8, 4) is 0 Å². The molecule has 118 valence electrons. The highest BCUT2D eigenvalue weighted by Crippen LogP contribution is 2.11. The number of rotatable bonds is 5. The van der Waals surface area contributed by atoms with Crippen LogP contribution in [0.1, 0.15) is 24.9 Å². The maximum absolute atomic E-state index is 5.95. The standard InChI is InChI=1S/C16H23N5O/c1-2-16-17-7-5-14(19-16)11-20-8-4-10-22-15(12-20)13-21-9-3-6-18-21/h3,5-7,9,15H,2,4,8,10-13H2,1H3/t15-/m1/s1. The fourth-order valence-corrected chi connectivity index (χ4v) is 2.77. The molecular weight excluding hydrogens is 278 g/mol.